The van der Waals surface area contributed by atoms with Crippen molar-refractivity contribution in [1.82, 2.24) is 9.55 Å². The number of rotatable bonds is 7. The van der Waals surface area contributed by atoms with E-state index < -0.39 is 5.95 Å². The fraction of sp³-hybridized carbons (Fsp3) is 0.412. The van der Waals surface area contributed by atoms with Crippen molar-refractivity contribution >= 4 is 0 Å². The number of aryl methyl sites for hydroxylation is 1. The van der Waals surface area contributed by atoms with Crippen molar-refractivity contribution in [3.63, 3.8) is 0 Å². The predicted molar refractivity (Wildman–Crippen MR) is 81.8 cm³/mol. The number of pyridine rings is 2. The molecule has 0 bridgehead atoms. The van der Waals surface area contributed by atoms with Crippen molar-refractivity contribution in [2.75, 3.05) is 0 Å². The number of unbranched alkanes of at least 4 members (excludes halogenated alkanes) is 3. The molecule has 0 amide bonds. The highest BCUT2D eigenvalue weighted by Crippen LogP contribution is 2.08. The maximum absolute atomic E-state index is 13.5. The molecule has 0 aliphatic rings. The van der Waals surface area contributed by atoms with E-state index in [0.29, 0.717) is 5.56 Å². The lowest BCUT2D eigenvalue weighted by Gasteiger charge is -2.07. The summed E-state index contributed by atoms with van der Waals surface area (Å²) in [6, 6.07) is 6.92. The van der Waals surface area contributed by atoms with Crippen LogP contribution in [0.3, 0.4) is 0 Å². The summed E-state index contributed by atoms with van der Waals surface area (Å²) in [5.41, 5.74) is 1.39. The normalized spacial score (nSPS) is 10.8. The third-order valence-corrected chi connectivity index (χ3v) is 3.56. The molecule has 2 rings (SSSR count). The van der Waals surface area contributed by atoms with E-state index in [2.05, 4.69) is 11.9 Å². The summed E-state index contributed by atoms with van der Waals surface area (Å²) in [7, 11) is 0. The Bertz CT molecular complexity index is 637. The zero-order valence-corrected chi connectivity index (χ0v) is 12.4. The summed E-state index contributed by atoms with van der Waals surface area (Å²) in [6.45, 7) is 2.40. The Hall–Kier alpha value is -1.97. The van der Waals surface area contributed by atoms with Gasteiger partial charge in [0, 0.05) is 24.0 Å². The van der Waals surface area contributed by atoms with E-state index in [-0.39, 0.29) is 12.1 Å². The number of aromatic nitrogens is 2. The third kappa shape index (κ3) is 4.52. The molecule has 0 N–H and O–H groups in total. The van der Waals surface area contributed by atoms with Crippen molar-refractivity contribution in [2.45, 2.75) is 45.6 Å². The molecule has 2 heterocycles. The van der Waals surface area contributed by atoms with Gasteiger partial charge in [-0.15, -0.1) is 0 Å². The first-order valence-corrected chi connectivity index (χ1v) is 7.49. The average Bonchev–Trinajstić information content (AvgIpc) is 2.48. The van der Waals surface area contributed by atoms with Gasteiger partial charge in [-0.05, 0) is 30.5 Å². The van der Waals surface area contributed by atoms with E-state index in [1.807, 2.05) is 6.07 Å². The zero-order chi connectivity index (χ0) is 15.1. The average molecular weight is 288 g/mol. The monoisotopic (exact) mass is 288 g/mol. The largest absolute Gasteiger partial charge is 0.311 e. The van der Waals surface area contributed by atoms with Gasteiger partial charge in [0.05, 0.1) is 6.54 Å². The Kier molecular flexibility index (Phi) is 5.67. The molecule has 0 spiro atoms. The van der Waals surface area contributed by atoms with Gasteiger partial charge in [0.2, 0.25) is 5.95 Å². The molecule has 4 heteroatoms. The van der Waals surface area contributed by atoms with Crippen LogP contribution in [0.25, 0.3) is 0 Å². The lowest BCUT2D eigenvalue weighted by atomic mass is 10.1. The molecule has 0 aliphatic heterocycles. The number of nitrogens with zero attached hydrogens (tertiary/aromatic N) is 2. The van der Waals surface area contributed by atoms with Gasteiger partial charge in [-0.1, -0.05) is 32.3 Å². The van der Waals surface area contributed by atoms with Gasteiger partial charge in [0.1, 0.15) is 0 Å². The minimum Gasteiger partial charge on any atom is -0.311 e. The van der Waals surface area contributed by atoms with Crippen LogP contribution >= 0.6 is 0 Å². The second kappa shape index (κ2) is 7.72. The van der Waals surface area contributed by atoms with Gasteiger partial charge < -0.3 is 4.57 Å². The van der Waals surface area contributed by atoms with E-state index in [1.54, 1.807) is 24.4 Å². The molecule has 0 aliphatic carbocycles. The molecule has 2 aromatic heterocycles. The Labute approximate surface area is 124 Å². The maximum atomic E-state index is 13.5. The van der Waals surface area contributed by atoms with Gasteiger partial charge in [-0.3, -0.25) is 4.79 Å². The molecule has 112 valence electrons. The van der Waals surface area contributed by atoms with Gasteiger partial charge in [0.25, 0.3) is 5.56 Å². The fourth-order valence-corrected chi connectivity index (χ4v) is 2.31. The number of halogens is 1. The predicted octanol–water partition coefficient (Wildman–Crippen LogP) is 3.55. The highest BCUT2D eigenvalue weighted by atomic mass is 19.1. The van der Waals surface area contributed by atoms with E-state index in [0.717, 1.165) is 18.4 Å². The first-order chi connectivity index (χ1) is 10.2. The minimum atomic E-state index is -0.520. The second-order valence-corrected chi connectivity index (χ2v) is 5.27. The lowest BCUT2D eigenvalue weighted by Crippen LogP contribution is -2.20. The van der Waals surface area contributed by atoms with Crippen molar-refractivity contribution in [3.8, 4) is 0 Å². The van der Waals surface area contributed by atoms with Crippen LogP contribution in [0.15, 0.2) is 41.5 Å². The maximum Gasteiger partial charge on any atom is 0.251 e. The Balaban J connectivity index is 2.02. The van der Waals surface area contributed by atoms with Crippen molar-refractivity contribution in [1.29, 1.82) is 0 Å². The molecular formula is C17H21FN2O. The SMILES string of the molecule is CCCCCCc1ccn(Cc2cccnc2F)c(=O)c1. The lowest BCUT2D eigenvalue weighted by molar-refractivity contribution is 0.556. The van der Waals surface area contributed by atoms with E-state index in [1.165, 1.54) is 30.0 Å². The molecule has 0 aromatic carbocycles. The molecule has 0 radical (unpaired) electrons. The van der Waals surface area contributed by atoms with Crippen molar-refractivity contribution in [2.24, 2.45) is 0 Å². The van der Waals surface area contributed by atoms with Crippen LogP contribution in [0.4, 0.5) is 4.39 Å². The van der Waals surface area contributed by atoms with Crippen LogP contribution in [0, 0.1) is 5.95 Å². The number of hydrogen-bond acceptors (Lipinski definition) is 2. The number of hydrogen-bond donors (Lipinski definition) is 0. The smallest absolute Gasteiger partial charge is 0.251 e. The van der Waals surface area contributed by atoms with Gasteiger partial charge in [-0.2, -0.15) is 4.39 Å². The van der Waals surface area contributed by atoms with Gasteiger partial charge in [0.15, 0.2) is 0 Å². The Morgan fingerprint density at radius 1 is 1.24 bits per heavy atom. The summed E-state index contributed by atoms with van der Waals surface area (Å²) in [5, 5.41) is 0. The van der Waals surface area contributed by atoms with Crippen molar-refractivity contribution < 1.29 is 4.39 Å². The van der Waals surface area contributed by atoms with Crippen LogP contribution < -0.4 is 5.56 Å². The van der Waals surface area contributed by atoms with Crippen molar-refractivity contribution in [3.05, 3.63) is 64.1 Å². The fourth-order valence-electron chi connectivity index (χ4n) is 2.31. The van der Waals surface area contributed by atoms with E-state index in [9.17, 15) is 9.18 Å². The van der Waals surface area contributed by atoms with Crippen LogP contribution in [-0.2, 0) is 13.0 Å². The van der Waals surface area contributed by atoms with Crippen LogP contribution in [-0.4, -0.2) is 9.55 Å². The zero-order valence-electron chi connectivity index (χ0n) is 12.4. The summed E-state index contributed by atoms with van der Waals surface area (Å²) < 4.78 is 15.0. The molecule has 0 unspecified atom stereocenters. The Morgan fingerprint density at radius 3 is 2.81 bits per heavy atom. The molecule has 2 aromatic rings. The summed E-state index contributed by atoms with van der Waals surface area (Å²) in [6.07, 6.45) is 8.81. The highest BCUT2D eigenvalue weighted by Gasteiger charge is 2.05. The standard InChI is InChI=1S/C17H21FN2O/c1-2-3-4-5-7-14-9-11-20(16(21)12-14)13-15-8-6-10-19-17(15)18/h6,8-12H,2-5,7,13H2,1H3. The van der Waals surface area contributed by atoms with Gasteiger partial charge >= 0.3 is 0 Å². The molecular weight excluding hydrogens is 267 g/mol. The first kappa shape index (κ1) is 15.4. The highest BCUT2D eigenvalue weighted by molar-refractivity contribution is 5.15. The molecule has 0 fully saturated rings. The van der Waals surface area contributed by atoms with Crippen LogP contribution in [0.1, 0.15) is 43.7 Å². The first-order valence-electron chi connectivity index (χ1n) is 7.49. The van der Waals surface area contributed by atoms with Crippen LogP contribution in [0.5, 0.6) is 0 Å². The van der Waals surface area contributed by atoms with E-state index >= 15 is 0 Å². The van der Waals surface area contributed by atoms with Gasteiger partial charge in [-0.25, -0.2) is 4.98 Å². The Morgan fingerprint density at radius 2 is 2.10 bits per heavy atom. The molecule has 3 nitrogen and oxygen atoms in total. The molecule has 0 saturated heterocycles. The summed E-state index contributed by atoms with van der Waals surface area (Å²) >= 11 is 0. The third-order valence-electron chi connectivity index (χ3n) is 3.56. The second-order valence-electron chi connectivity index (χ2n) is 5.27. The summed E-state index contributed by atoms with van der Waals surface area (Å²) in [4.78, 5) is 15.7. The van der Waals surface area contributed by atoms with Crippen LogP contribution in [0.2, 0.25) is 0 Å². The molecule has 21 heavy (non-hydrogen) atoms. The molecule has 0 atom stereocenters. The minimum absolute atomic E-state index is 0.0914. The molecule has 0 saturated carbocycles. The quantitative estimate of drug-likeness (QED) is 0.577. The van der Waals surface area contributed by atoms with E-state index in [4.69, 9.17) is 0 Å². The topological polar surface area (TPSA) is 34.9 Å². The summed E-state index contributed by atoms with van der Waals surface area (Å²) in [5.74, 6) is -0.520.